The molecule has 3 aromatic rings. The van der Waals surface area contributed by atoms with E-state index >= 15 is 0 Å². The van der Waals surface area contributed by atoms with Crippen molar-refractivity contribution in [1.82, 2.24) is 10.2 Å². The van der Waals surface area contributed by atoms with Crippen molar-refractivity contribution in [1.29, 1.82) is 0 Å². The fourth-order valence-corrected chi connectivity index (χ4v) is 2.58. The number of rotatable bonds is 5. The third kappa shape index (κ3) is 4.62. The van der Waals surface area contributed by atoms with Gasteiger partial charge in [-0.15, -0.1) is 0 Å². The van der Waals surface area contributed by atoms with Crippen LogP contribution in [0.5, 0.6) is 5.75 Å². The fourth-order valence-electron chi connectivity index (χ4n) is 2.23. The van der Waals surface area contributed by atoms with Crippen molar-refractivity contribution in [3.05, 3.63) is 62.9 Å². The Morgan fingerprint density at radius 1 is 1.26 bits per heavy atom. The lowest BCUT2D eigenvalue weighted by Gasteiger charge is -2.08. The Morgan fingerprint density at radius 3 is 2.63 bits per heavy atom. The standard InChI is InChI=1S/C17H13F3IN3O3/c1-9-14(15(24-23-9)17(18,19)20)22-16(25)13-7-6-12(27-13)8-26-11-4-2-10(21)3-5-11/h2-7H,8H2,1H3,(H,22,25)(H,23,24). The first-order valence-electron chi connectivity index (χ1n) is 7.64. The van der Waals surface area contributed by atoms with Crippen molar-refractivity contribution >= 4 is 34.2 Å². The van der Waals surface area contributed by atoms with E-state index in [1.54, 1.807) is 12.1 Å². The van der Waals surface area contributed by atoms with Gasteiger partial charge < -0.3 is 14.5 Å². The van der Waals surface area contributed by atoms with Crippen molar-refractivity contribution in [3.8, 4) is 5.75 Å². The Balaban J connectivity index is 1.67. The van der Waals surface area contributed by atoms with E-state index in [4.69, 9.17) is 9.15 Å². The number of carbonyl (C=O) groups excluding carboxylic acids is 1. The molecule has 2 heterocycles. The van der Waals surface area contributed by atoms with Crippen LogP contribution in [0.15, 0.2) is 40.8 Å². The van der Waals surface area contributed by atoms with E-state index in [0.29, 0.717) is 11.5 Å². The van der Waals surface area contributed by atoms with Gasteiger partial charge in [0.15, 0.2) is 11.5 Å². The highest BCUT2D eigenvalue weighted by molar-refractivity contribution is 14.1. The first kappa shape index (κ1) is 19.3. The summed E-state index contributed by atoms with van der Waals surface area (Å²) in [4.78, 5) is 12.2. The fraction of sp³-hybridized carbons (Fsp3) is 0.176. The van der Waals surface area contributed by atoms with E-state index in [1.807, 2.05) is 12.1 Å². The molecule has 2 N–H and O–H groups in total. The molecule has 0 saturated heterocycles. The van der Waals surface area contributed by atoms with Gasteiger partial charge in [0, 0.05) is 3.57 Å². The van der Waals surface area contributed by atoms with Crippen molar-refractivity contribution in [3.63, 3.8) is 0 Å². The third-order valence-electron chi connectivity index (χ3n) is 3.53. The zero-order valence-electron chi connectivity index (χ0n) is 13.9. The number of alkyl halides is 3. The van der Waals surface area contributed by atoms with Crippen LogP contribution in [-0.2, 0) is 12.8 Å². The molecule has 3 rings (SSSR count). The zero-order chi connectivity index (χ0) is 19.6. The smallest absolute Gasteiger partial charge is 0.437 e. The number of nitrogens with one attached hydrogen (secondary N) is 2. The van der Waals surface area contributed by atoms with E-state index in [2.05, 4.69) is 38.1 Å². The molecule has 0 unspecified atom stereocenters. The van der Waals surface area contributed by atoms with Crippen molar-refractivity contribution in [2.75, 3.05) is 5.32 Å². The highest BCUT2D eigenvalue weighted by Gasteiger charge is 2.38. The number of carbonyl (C=O) groups is 1. The van der Waals surface area contributed by atoms with E-state index in [1.165, 1.54) is 19.1 Å². The summed E-state index contributed by atoms with van der Waals surface area (Å²) in [5.41, 5.74) is -1.53. The maximum absolute atomic E-state index is 12.9. The van der Waals surface area contributed by atoms with Crippen LogP contribution in [0, 0.1) is 10.5 Å². The molecular formula is C17H13F3IN3O3. The number of H-pyrrole nitrogens is 1. The van der Waals surface area contributed by atoms with Crippen LogP contribution in [0.4, 0.5) is 18.9 Å². The molecule has 142 valence electrons. The van der Waals surface area contributed by atoms with Crippen LogP contribution in [0.1, 0.15) is 27.7 Å². The second-order valence-corrected chi connectivity index (χ2v) is 6.78. The van der Waals surface area contributed by atoms with Gasteiger partial charge in [0.25, 0.3) is 5.91 Å². The van der Waals surface area contributed by atoms with Crippen LogP contribution in [0.2, 0.25) is 0 Å². The zero-order valence-corrected chi connectivity index (χ0v) is 16.0. The molecule has 1 amide bonds. The summed E-state index contributed by atoms with van der Waals surface area (Å²) >= 11 is 2.17. The number of halogens is 4. The molecule has 10 heteroatoms. The lowest BCUT2D eigenvalue weighted by Crippen LogP contribution is -2.16. The van der Waals surface area contributed by atoms with Crippen LogP contribution < -0.4 is 10.1 Å². The molecule has 0 spiro atoms. The van der Waals surface area contributed by atoms with E-state index in [0.717, 1.165) is 3.57 Å². The second kappa shape index (κ2) is 7.62. The van der Waals surface area contributed by atoms with Gasteiger partial charge in [-0.25, -0.2) is 0 Å². The average Bonchev–Trinajstić information content (AvgIpc) is 3.21. The minimum absolute atomic E-state index is 0.0758. The molecule has 0 atom stereocenters. The van der Waals surface area contributed by atoms with Crippen molar-refractivity contribution in [2.45, 2.75) is 19.7 Å². The summed E-state index contributed by atoms with van der Waals surface area (Å²) in [6.07, 6.45) is -4.69. The summed E-state index contributed by atoms with van der Waals surface area (Å²) in [6.45, 7) is 1.45. The summed E-state index contributed by atoms with van der Waals surface area (Å²) in [7, 11) is 0. The Morgan fingerprint density at radius 2 is 1.96 bits per heavy atom. The van der Waals surface area contributed by atoms with Gasteiger partial charge >= 0.3 is 6.18 Å². The molecule has 0 aliphatic carbocycles. The highest BCUT2D eigenvalue weighted by Crippen LogP contribution is 2.34. The minimum Gasteiger partial charge on any atom is -0.486 e. The van der Waals surface area contributed by atoms with E-state index < -0.39 is 23.5 Å². The predicted molar refractivity (Wildman–Crippen MR) is 98.5 cm³/mol. The first-order chi connectivity index (χ1) is 12.7. The average molecular weight is 491 g/mol. The highest BCUT2D eigenvalue weighted by atomic mass is 127. The molecular weight excluding hydrogens is 478 g/mol. The van der Waals surface area contributed by atoms with E-state index in [9.17, 15) is 18.0 Å². The predicted octanol–water partition coefficient (Wildman–Crippen LogP) is 4.77. The molecule has 1 aromatic carbocycles. The number of ether oxygens (including phenoxy) is 1. The normalized spacial score (nSPS) is 11.4. The Hall–Kier alpha value is -2.50. The molecule has 0 fully saturated rings. The second-order valence-electron chi connectivity index (χ2n) is 5.53. The molecule has 0 aliphatic heterocycles. The third-order valence-corrected chi connectivity index (χ3v) is 4.25. The molecule has 2 aromatic heterocycles. The van der Waals surface area contributed by atoms with Gasteiger partial charge in [-0.1, -0.05) is 0 Å². The number of aromatic nitrogens is 2. The number of nitrogens with zero attached hydrogens (tertiary/aromatic N) is 1. The number of aromatic amines is 1. The molecule has 0 bridgehead atoms. The SMILES string of the molecule is Cc1[nH]nc(C(F)(F)F)c1NC(=O)c1ccc(COc2ccc(I)cc2)o1. The monoisotopic (exact) mass is 491 g/mol. The van der Waals surface area contributed by atoms with Crippen LogP contribution in [0.3, 0.4) is 0 Å². The number of amides is 1. The number of aryl methyl sites for hydroxylation is 1. The maximum Gasteiger partial charge on any atom is 0.437 e. The molecule has 0 radical (unpaired) electrons. The number of hydrogen-bond donors (Lipinski definition) is 2. The maximum atomic E-state index is 12.9. The van der Waals surface area contributed by atoms with Crippen LogP contribution >= 0.6 is 22.6 Å². The minimum atomic E-state index is -4.69. The molecule has 27 heavy (non-hydrogen) atoms. The summed E-state index contributed by atoms with van der Waals surface area (Å²) in [5.74, 6) is 0.0377. The Bertz CT molecular complexity index is 948. The largest absolute Gasteiger partial charge is 0.486 e. The van der Waals surface area contributed by atoms with Gasteiger partial charge in [-0.2, -0.15) is 18.3 Å². The van der Waals surface area contributed by atoms with Gasteiger partial charge in [-0.3, -0.25) is 9.89 Å². The number of furan rings is 1. The summed E-state index contributed by atoms with van der Waals surface area (Å²) in [6, 6.07) is 10.2. The molecule has 0 saturated carbocycles. The van der Waals surface area contributed by atoms with Crippen molar-refractivity contribution in [2.24, 2.45) is 0 Å². The summed E-state index contributed by atoms with van der Waals surface area (Å²) < 4.78 is 50.7. The Kier molecular flexibility index (Phi) is 5.44. The topological polar surface area (TPSA) is 80.2 Å². The Labute approximate surface area is 165 Å². The van der Waals surface area contributed by atoms with Crippen molar-refractivity contribution < 1.29 is 27.1 Å². The number of benzene rings is 1. The van der Waals surface area contributed by atoms with Gasteiger partial charge in [0.05, 0.1) is 11.4 Å². The van der Waals surface area contributed by atoms with Crippen LogP contribution in [0.25, 0.3) is 0 Å². The quantitative estimate of drug-likeness (QED) is 0.505. The van der Waals surface area contributed by atoms with Gasteiger partial charge in [-0.05, 0) is 65.9 Å². The lowest BCUT2D eigenvalue weighted by molar-refractivity contribution is -0.140. The lowest BCUT2D eigenvalue weighted by atomic mass is 10.2. The van der Waals surface area contributed by atoms with Crippen LogP contribution in [-0.4, -0.2) is 16.1 Å². The first-order valence-corrected chi connectivity index (χ1v) is 8.72. The number of anilines is 1. The van der Waals surface area contributed by atoms with E-state index in [-0.39, 0.29) is 18.1 Å². The number of hydrogen-bond acceptors (Lipinski definition) is 4. The van der Waals surface area contributed by atoms with Gasteiger partial charge in [0.2, 0.25) is 0 Å². The van der Waals surface area contributed by atoms with Gasteiger partial charge in [0.1, 0.15) is 18.1 Å². The molecule has 6 nitrogen and oxygen atoms in total. The molecule has 0 aliphatic rings. The summed E-state index contributed by atoms with van der Waals surface area (Å²) in [5, 5.41) is 7.59.